The van der Waals surface area contributed by atoms with E-state index in [0.29, 0.717) is 45.7 Å². The van der Waals surface area contributed by atoms with Crippen LogP contribution in [-0.2, 0) is 9.53 Å². The number of methoxy groups -OCH3 is 1. The van der Waals surface area contributed by atoms with Gasteiger partial charge in [0.15, 0.2) is 5.76 Å². The van der Waals surface area contributed by atoms with Gasteiger partial charge in [-0.1, -0.05) is 54.1 Å². The molecule has 0 saturated heterocycles. The predicted molar refractivity (Wildman–Crippen MR) is 129 cm³/mol. The largest absolute Gasteiger partial charge is 0.503 e. The van der Waals surface area contributed by atoms with Gasteiger partial charge in [0.2, 0.25) is 5.78 Å². The summed E-state index contributed by atoms with van der Waals surface area (Å²) in [5.74, 6) is -1.49. The predicted octanol–water partition coefficient (Wildman–Crippen LogP) is 5.39. The standard InChI is InChI=1S/C25H23ClN2O4S/c1-15-23(33-24(27-15)17-7-4-3-5-8-17)21(29)19-20(16-9-11-18(26)12-10-16)28(13-6-14-32-2)25(31)22(19)30/h3-5,7-12,20,30H,6,13-14H2,1-2H3. The number of ketones is 1. The molecule has 6 nitrogen and oxygen atoms in total. The SMILES string of the molecule is COCCCN1C(=O)C(O)=C(C(=O)c2sc(-c3ccccc3)nc2C)C1c1ccc(Cl)cc1. The average Bonchev–Trinajstić information content (AvgIpc) is 3.33. The second-order valence-electron chi connectivity index (χ2n) is 7.69. The van der Waals surface area contributed by atoms with Gasteiger partial charge < -0.3 is 14.7 Å². The Morgan fingerprint density at radius 1 is 1.18 bits per heavy atom. The van der Waals surface area contributed by atoms with Gasteiger partial charge in [-0.3, -0.25) is 9.59 Å². The van der Waals surface area contributed by atoms with Gasteiger partial charge >= 0.3 is 0 Å². The van der Waals surface area contributed by atoms with Crippen LogP contribution in [0.5, 0.6) is 0 Å². The molecule has 2 heterocycles. The molecule has 0 bridgehead atoms. The molecule has 4 rings (SSSR count). The molecule has 1 unspecified atom stereocenters. The topological polar surface area (TPSA) is 79.7 Å². The second-order valence-corrected chi connectivity index (χ2v) is 9.13. The number of hydrogen-bond donors (Lipinski definition) is 1. The van der Waals surface area contributed by atoms with Crippen LogP contribution in [0.3, 0.4) is 0 Å². The summed E-state index contributed by atoms with van der Waals surface area (Å²) in [6, 6.07) is 15.8. The van der Waals surface area contributed by atoms with Gasteiger partial charge in [-0.2, -0.15) is 0 Å². The molecule has 1 aliphatic heterocycles. The van der Waals surface area contributed by atoms with Crippen molar-refractivity contribution in [1.29, 1.82) is 0 Å². The van der Waals surface area contributed by atoms with E-state index in [9.17, 15) is 14.7 Å². The number of amides is 1. The zero-order valence-corrected chi connectivity index (χ0v) is 19.8. The molecule has 1 atom stereocenters. The number of halogens is 1. The van der Waals surface area contributed by atoms with E-state index in [1.807, 2.05) is 30.3 Å². The molecular weight excluding hydrogens is 460 g/mol. The Kier molecular flexibility index (Phi) is 6.93. The van der Waals surface area contributed by atoms with Crippen molar-refractivity contribution in [3.63, 3.8) is 0 Å². The minimum atomic E-state index is -0.721. The van der Waals surface area contributed by atoms with E-state index in [2.05, 4.69) is 4.98 Å². The quantitative estimate of drug-likeness (QED) is 0.344. The number of thiazole rings is 1. The Balaban J connectivity index is 1.75. The summed E-state index contributed by atoms with van der Waals surface area (Å²) in [7, 11) is 1.59. The van der Waals surface area contributed by atoms with Gasteiger partial charge in [0.05, 0.1) is 22.2 Å². The molecule has 8 heteroatoms. The zero-order valence-electron chi connectivity index (χ0n) is 18.2. The van der Waals surface area contributed by atoms with Crippen LogP contribution in [0.15, 0.2) is 65.9 Å². The summed E-state index contributed by atoms with van der Waals surface area (Å²) in [6.45, 7) is 2.55. The lowest BCUT2D eigenvalue weighted by molar-refractivity contribution is -0.129. The number of aliphatic hydroxyl groups excluding tert-OH is 1. The van der Waals surface area contributed by atoms with Crippen LogP contribution in [0, 0.1) is 6.92 Å². The van der Waals surface area contributed by atoms with Gasteiger partial charge in [-0.15, -0.1) is 11.3 Å². The van der Waals surface area contributed by atoms with Crippen LogP contribution in [0.4, 0.5) is 0 Å². The summed E-state index contributed by atoms with van der Waals surface area (Å²) in [5, 5.41) is 12.1. The molecule has 2 aromatic carbocycles. The Morgan fingerprint density at radius 2 is 1.88 bits per heavy atom. The smallest absolute Gasteiger partial charge is 0.290 e. The first kappa shape index (κ1) is 23.2. The normalized spacial score (nSPS) is 16.0. The molecule has 170 valence electrons. The molecular formula is C25H23ClN2O4S. The monoisotopic (exact) mass is 482 g/mol. The highest BCUT2D eigenvalue weighted by Crippen LogP contribution is 2.41. The molecule has 0 fully saturated rings. The molecule has 1 N–H and O–H groups in total. The maximum atomic E-state index is 13.7. The lowest BCUT2D eigenvalue weighted by Crippen LogP contribution is -2.32. The number of aromatic nitrogens is 1. The molecule has 0 spiro atoms. The number of carbonyl (C=O) groups excluding carboxylic acids is 2. The highest BCUT2D eigenvalue weighted by molar-refractivity contribution is 7.17. The third-order valence-electron chi connectivity index (χ3n) is 5.51. The second kappa shape index (κ2) is 9.87. The molecule has 0 radical (unpaired) electrons. The van der Waals surface area contributed by atoms with Gasteiger partial charge in [0, 0.05) is 30.8 Å². The third-order valence-corrected chi connectivity index (χ3v) is 6.96. The third kappa shape index (κ3) is 4.57. The first-order chi connectivity index (χ1) is 15.9. The summed E-state index contributed by atoms with van der Waals surface area (Å²) in [6.07, 6.45) is 0.568. The number of ether oxygens (including phenoxy) is 1. The average molecular weight is 483 g/mol. The van der Waals surface area contributed by atoms with E-state index >= 15 is 0 Å². The van der Waals surface area contributed by atoms with Crippen molar-refractivity contribution in [2.24, 2.45) is 0 Å². The van der Waals surface area contributed by atoms with E-state index in [4.69, 9.17) is 16.3 Å². The number of rotatable bonds is 8. The van der Waals surface area contributed by atoms with Crippen LogP contribution in [0.25, 0.3) is 10.6 Å². The number of carbonyl (C=O) groups is 2. The lowest BCUT2D eigenvalue weighted by atomic mass is 9.95. The van der Waals surface area contributed by atoms with Crippen LogP contribution in [0.2, 0.25) is 5.02 Å². The number of nitrogens with zero attached hydrogens (tertiary/aromatic N) is 2. The molecule has 1 aliphatic rings. The first-order valence-corrected chi connectivity index (χ1v) is 11.7. The molecule has 1 amide bonds. The minimum absolute atomic E-state index is 0.0612. The molecule has 1 aromatic heterocycles. The van der Waals surface area contributed by atoms with E-state index < -0.39 is 23.5 Å². The van der Waals surface area contributed by atoms with Crippen LogP contribution in [0.1, 0.15) is 33.4 Å². The van der Waals surface area contributed by atoms with Crippen molar-refractivity contribution in [1.82, 2.24) is 9.88 Å². The Bertz CT molecular complexity index is 1200. The molecule has 33 heavy (non-hydrogen) atoms. The summed E-state index contributed by atoms with van der Waals surface area (Å²) < 4.78 is 5.12. The molecule has 0 saturated carbocycles. The van der Waals surface area contributed by atoms with E-state index in [-0.39, 0.29) is 5.57 Å². The maximum Gasteiger partial charge on any atom is 0.290 e. The number of aryl methyl sites for hydroxylation is 1. The molecule has 0 aliphatic carbocycles. The highest BCUT2D eigenvalue weighted by Gasteiger charge is 2.44. The summed E-state index contributed by atoms with van der Waals surface area (Å²) >= 11 is 7.32. The van der Waals surface area contributed by atoms with Gasteiger partial charge in [-0.05, 0) is 31.0 Å². The number of benzene rings is 2. The highest BCUT2D eigenvalue weighted by atomic mass is 35.5. The fourth-order valence-corrected chi connectivity index (χ4v) is 5.07. The fourth-order valence-electron chi connectivity index (χ4n) is 3.92. The fraction of sp³-hybridized carbons (Fsp3) is 0.240. The zero-order chi connectivity index (χ0) is 23.5. The van der Waals surface area contributed by atoms with Gasteiger partial charge in [0.1, 0.15) is 5.01 Å². The minimum Gasteiger partial charge on any atom is -0.503 e. The van der Waals surface area contributed by atoms with Gasteiger partial charge in [0.25, 0.3) is 5.91 Å². The van der Waals surface area contributed by atoms with Crippen molar-refractivity contribution in [2.45, 2.75) is 19.4 Å². The summed E-state index contributed by atoms with van der Waals surface area (Å²) in [5.41, 5.74) is 2.22. The van der Waals surface area contributed by atoms with Crippen molar-refractivity contribution in [2.75, 3.05) is 20.3 Å². The number of aliphatic hydroxyl groups is 1. The Hall–Kier alpha value is -3.00. The number of Topliss-reactive ketones (excluding diaryl/α,β-unsaturated/α-hetero) is 1. The van der Waals surface area contributed by atoms with Crippen molar-refractivity contribution in [3.8, 4) is 10.6 Å². The lowest BCUT2D eigenvalue weighted by Gasteiger charge is -2.26. The van der Waals surface area contributed by atoms with E-state index in [1.165, 1.54) is 16.2 Å². The van der Waals surface area contributed by atoms with E-state index in [0.717, 1.165) is 5.56 Å². The Labute approximate surface area is 201 Å². The van der Waals surface area contributed by atoms with E-state index in [1.54, 1.807) is 38.3 Å². The Morgan fingerprint density at radius 3 is 2.55 bits per heavy atom. The van der Waals surface area contributed by atoms with Crippen LogP contribution in [-0.4, -0.2) is 46.9 Å². The van der Waals surface area contributed by atoms with Gasteiger partial charge in [-0.25, -0.2) is 4.98 Å². The molecule has 3 aromatic rings. The number of hydrogen-bond acceptors (Lipinski definition) is 6. The van der Waals surface area contributed by atoms with Crippen LogP contribution >= 0.6 is 22.9 Å². The van der Waals surface area contributed by atoms with Crippen molar-refractivity contribution >= 4 is 34.6 Å². The summed E-state index contributed by atoms with van der Waals surface area (Å²) in [4.78, 5) is 33.2. The first-order valence-electron chi connectivity index (χ1n) is 10.5. The van der Waals surface area contributed by atoms with Crippen molar-refractivity contribution < 1.29 is 19.4 Å². The van der Waals surface area contributed by atoms with Crippen LogP contribution < -0.4 is 0 Å². The maximum absolute atomic E-state index is 13.7. The van der Waals surface area contributed by atoms with Crippen molar-refractivity contribution in [3.05, 3.63) is 87.1 Å².